The van der Waals surface area contributed by atoms with Crippen molar-refractivity contribution < 1.29 is 22.9 Å². The molecule has 196 valence electrons. The normalized spacial score (nSPS) is 15.3. The highest BCUT2D eigenvalue weighted by molar-refractivity contribution is 7.89. The largest absolute Gasteiger partial charge is 0.355 e. The molecule has 2 amide bonds. The van der Waals surface area contributed by atoms with E-state index in [1.54, 1.807) is 20.9 Å². The van der Waals surface area contributed by atoms with E-state index in [-0.39, 0.29) is 16.7 Å². The van der Waals surface area contributed by atoms with Gasteiger partial charge in [-0.05, 0) is 29.8 Å². The molecule has 1 aliphatic rings. The molecule has 3 aromatic rings. The Morgan fingerprint density at radius 2 is 1.68 bits per heavy atom. The Morgan fingerprint density at radius 3 is 2.30 bits per heavy atom. The Kier molecular flexibility index (Phi) is 8.43. The zero-order valence-electron chi connectivity index (χ0n) is 21.3. The molecule has 2 aromatic carbocycles. The number of carbonyl (C=O) groups excluding carboxylic acids is 2. The predicted octanol–water partition coefficient (Wildman–Crippen LogP) is 2.53. The van der Waals surface area contributed by atoms with Crippen LogP contribution < -0.4 is 15.5 Å². The monoisotopic (exact) mass is 541 g/mol. The summed E-state index contributed by atoms with van der Waals surface area (Å²) < 4.78 is 26.9. The van der Waals surface area contributed by atoms with Crippen LogP contribution >= 0.6 is 11.3 Å². The summed E-state index contributed by atoms with van der Waals surface area (Å²) in [5.41, 5.74) is 3.11. The zero-order valence-corrected chi connectivity index (χ0v) is 23.0. The average Bonchev–Trinajstić information content (AvgIpc) is 3.26. The van der Waals surface area contributed by atoms with Gasteiger partial charge in [0.1, 0.15) is 18.1 Å². The van der Waals surface area contributed by atoms with Gasteiger partial charge in [-0.2, -0.15) is 4.31 Å². The molecule has 1 atom stereocenters. The van der Waals surface area contributed by atoms with E-state index < -0.39 is 10.0 Å². The van der Waals surface area contributed by atoms with Gasteiger partial charge in [0.15, 0.2) is 0 Å². The minimum Gasteiger partial charge on any atom is -0.355 e. The number of hydrogen-bond acceptors (Lipinski definition) is 5. The molecule has 1 unspecified atom stereocenters. The lowest BCUT2D eigenvalue weighted by molar-refractivity contribution is -0.929. The number of hydrogen-bond donors (Lipinski definition) is 3. The fraction of sp³-hybridized carbons (Fsp3) is 0.333. The van der Waals surface area contributed by atoms with E-state index in [2.05, 4.69) is 22.8 Å². The zero-order chi connectivity index (χ0) is 26.6. The lowest BCUT2D eigenvalue weighted by atomic mass is 10.0. The fourth-order valence-electron chi connectivity index (χ4n) is 4.69. The van der Waals surface area contributed by atoms with Crippen LogP contribution in [-0.2, 0) is 29.5 Å². The maximum Gasteiger partial charge on any atom is 0.256 e. The summed E-state index contributed by atoms with van der Waals surface area (Å²) in [4.78, 5) is 28.6. The second-order valence-electron chi connectivity index (χ2n) is 8.94. The van der Waals surface area contributed by atoms with E-state index in [4.69, 9.17) is 0 Å². The van der Waals surface area contributed by atoms with E-state index in [0.717, 1.165) is 36.5 Å². The molecule has 3 N–H and O–H groups in total. The van der Waals surface area contributed by atoms with Gasteiger partial charge in [0.25, 0.3) is 11.8 Å². The van der Waals surface area contributed by atoms with Crippen molar-refractivity contribution in [2.24, 2.45) is 0 Å². The number of quaternary nitrogens is 1. The van der Waals surface area contributed by atoms with Crippen LogP contribution in [0.3, 0.4) is 0 Å². The molecule has 2 heterocycles. The maximum atomic E-state index is 13.1. The molecule has 0 bridgehead atoms. The molecule has 0 fully saturated rings. The number of amides is 2. The first-order chi connectivity index (χ1) is 17.8. The van der Waals surface area contributed by atoms with Gasteiger partial charge in [0, 0.05) is 37.7 Å². The van der Waals surface area contributed by atoms with Gasteiger partial charge in [0.2, 0.25) is 10.0 Å². The number of carbonyl (C=O) groups is 2. The highest BCUT2D eigenvalue weighted by Crippen LogP contribution is 2.35. The van der Waals surface area contributed by atoms with Crippen molar-refractivity contribution in [1.82, 2.24) is 9.62 Å². The number of sulfonamides is 1. The lowest BCUT2D eigenvalue weighted by Gasteiger charge is -2.24. The minimum atomic E-state index is -3.61. The fourth-order valence-corrected chi connectivity index (χ4v) is 7.46. The van der Waals surface area contributed by atoms with Crippen molar-refractivity contribution in [3.05, 3.63) is 81.7 Å². The third kappa shape index (κ3) is 5.77. The molecule has 0 saturated carbocycles. The van der Waals surface area contributed by atoms with Crippen LogP contribution in [0.1, 0.15) is 50.6 Å². The van der Waals surface area contributed by atoms with Crippen LogP contribution in [0.5, 0.6) is 0 Å². The first kappa shape index (κ1) is 27.0. The Morgan fingerprint density at radius 1 is 1.00 bits per heavy atom. The van der Waals surface area contributed by atoms with Gasteiger partial charge in [0.05, 0.1) is 21.9 Å². The summed E-state index contributed by atoms with van der Waals surface area (Å²) in [6, 6.07) is 16.2. The summed E-state index contributed by atoms with van der Waals surface area (Å²) in [6.07, 6.45) is 0.755. The topological polar surface area (TPSA) is 100 Å². The Bertz CT molecular complexity index is 1370. The van der Waals surface area contributed by atoms with Gasteiger partial charge in [-0.15, -0.1) is 11.3 Å². The molecule has 8 nitrogen and oxygen atoms in total. The quantitative estimate of drug-likeness (QED) is 0.388. The summed E-state index contributed by atoms with van der Waals surface area (Å²) in [5, 5.41) is 6.15. The summed E-state index contributed by atoms with van der Waals surface area (Å²) >= 11 is 1.44. The molecule has 0 radical (unpaired) electrons. The van der Waals surface area contributed by atoms with Gasteiger partial charge in [-0.1, -0.05) is 44.2 Å². The molecule has 1 aliphatic heterocycles. The van der Waals surface area contributed by atoms with Gasteiger partial charge in [-0.25, -0.2) is 8.42 Å². The Labute approximate surface area is 222 Å². The van der Waals surface area contributed by atoms with Crippen molar-refractivity contribution in [2.75, 3.05) is 32.0 Å². The number of benzene rings is 2. The number of fused-ring (bicyclic) bond motifs is 1. The first-order valence-corrected chi connectivity index (χ1v) is 14.7. The summed E-state index contributed by atoms with van der Waals surface area (Å²) in [6.45, 7) is 6.91. The van der Waals surface area contributed by atoms with E-state index >= 15 is 0 Å². The lowest BCUT2D eigenvalue weighted by Crippen LogP contribution is -3.10. The van der Waals surface area contributed by atoms with Crippen LogP contribution in [0.2, 0.25) is 0 Å². The number of thiophene rings is 1. The van der Waals surface area contributed by atoms with E-state index in [1.165, 1.54) is 50.4 Å². The molecule has 1 aromatic heterocycles. The van der Waals surface area contributed by atoms with Crippen LogP contribution in [0.15, 0.2) is 59.5 Å². The minimum absolute atomic E-state index is 0.145. The van der Waals surface area contributed by atoms with Crippen LogP contribution in [0.4, 0.5) is 5.00 Å². The highest BCUT2D eigenvalue weighted by atomic mass is 32.2. The number of anilines is 1. The molecule has 4 rings (SSSR count). The molecule has 37 heavy (non-hydrogen) atoms. The van der Waals surface area contributed by atoms with Crippen LogP contribution in [0.25, 0.3) is 0 Å². The smallest absolute Gasteiger partial charge is 0.256 e. The Hall–Kier alpha value is -3.05. The standard InChI is InChI=1S/C27H32N4O4S2/c1-4-31(5-2)37(34,35)21-13-11-20(12-14-21)25(32)29-27-24(26(33)28-3)22-15-16-30(18-23(22)36-27)17-19-9-7-6-8-10-19/h6-14H,4-5,15-18H2,1-3H3,(H,28,33)(H,29,32)/p+1. The van der Waals surface area contributed by atoms with E-state index in [1.807, 2.05) is 18.2 Å². The third-order valence-corrected chi connectivity index (χ3v) is 9.88. The third-order valence-electron chi connectivity index (χ3n) is 6.67. The molecular formula is C27H33N4O4S2+. The van der Waals surface area contributed by atoms with Crippen molar-refractivity contribution in [2.45, 2.75) is 38.3 Å². The molecule has 0 spiro atoms. The van der Waals surface area contributed by atoms with Crippen molar-refractivity contribution in [1.29, 1.82) is 0 Å². The van der Waals surface area contributed by atoms with Gasteiger partial charge in [-0.3, -0.25) is 9.59 Å². The highest BCUT2D eigenvalue weighted by Gasteiger charge is 2.30. The summed E-state index contributed by atoms with van der Waals surface area (Å²) in [7, 11) is -2.02. The maximum absolute atomic E-state index is 13.1. The van der Waals surface area contributed by atoms with E-state index in [9.17, 15) is 18.0 Å². The predicted molar refractivity (Wildman–Crippen MR) is 146 cm³/mol. The number of nitrogens with zero attached hydrogens (tertiary/aromatic N) is 1. The molecule has 0 aliphatic carbocycles. The van der Waals surface area contributed by atoms with E-state index in [0.29, 0.717) is 29.2 Å². The average molecular weight is 542 g/mol. The van der Waals surface area contributed by atoms with Crippen molar-refractivity contribution in [3.8, 4) is 0 Å². The van der Waals surface area contributed by atoms with Crippen LogP contribution in [0, 0.1) is 0 Å². The molecular weight excluding hydrogens is 508 g/mol. The van der Waals surface area contributed by atoms with Crippen LogP contribution in [-0.4, -0.2) is 51.2 Å². The molecule has 10 heteroatoms. The summed E-state index contributed by atoms with van der Waals surface area (Å²) in [5.74, 6) is -0.607. The number of nitrogens with one attached hydrogen (secondary N) is 3. The van der Waals surface area contributed by atoms with Crippen molar-refractivity contribution >= 4 is 38.2 Å². The first-order valence-electron chi connectivity index (χ1n) is 12.4. The Balaban J connectivity index is 1.55. The van der Waals surface area contributed by atoms with Gasteiger partial charge < -0.3 is 15.5 Å². The SMILES string of the molecule is CCN(CC)S(=O)(=O)c1ccc(C(=O)Nc2sc3c(c2C(=O)NC)CC[NH+](Cc2ccccc2)C3)cc1. The van der Waals surface area contributed by atoms with Gasteiger partial charge >= 0.3 is 0 Å². The second-order valence-corrected chi connectivity index (χ2v) is 12.0. The number of rotatable bonds is 9. The van der Waals surface area contributed by atoms with Crippen molar-refractivity contribution in [3.63, 3.8) is 0 Å². The second kappa shape index (κ2) is 11.6. The molecule has 0 saturated heterocycles.